The van der Waals surface area contributed by atoms with Crippen LogP contribution in [0.5, 0.6) is 0 Å². The zero-order valence-electron chi connectivity index (χ0n) is 14.3. The molecule has 1 N–H and O–H groups in total. The third kappa shape index (κ3) is 3.78. The van der Waals surface area contributed by atoms with Crippen LogP contribution >= 0.6 is 0 Å². The highest BCUT2D eigenvalue weighted by Gasteiger charge is 2.29. The molecule has 0 bridgehead atoms. The first-order chi connectivity index (χ1) is 11.9. The average molecular weight is 343 g/mol. The molecule has 1 unspecified atom stereocenters. The summed E-state index contributed by atoms with van der Waals surface area (Å²) in [6.45, 7) is 1.12. The van der Waals surface area contributed by atoms with Gasteiger partial charge >= 0.3 is 0 Å². The van der Waals surface area contributed by atoms with Gasteiger partial charge in [-0.05, 0) is 12.5 Å². The second-order valence-corrected chi connectivity index (χ2v) is 6.38. The van der Waals surface area contributed by atoms with Gasteiger partial charge in [-0.15, -0.1) is 0 Å². The average Bonchev–Trinajstić information content (AvgIpc) is 3.06. The van der Waals surface area contributed by atoms with Gasteiger partial charge in [0, 0.05) is 51.4 Å². The zero-order valence-corrected chi connectivity index (χ0v) is 14.3. The van der Waals surface area contributed by atoms with Crippen LogP contribution in [0.4, 0.5) is 5.95 Å². The van der Waals surface area contributed by atoms with Gasteiger partial charge in [0.25, 0.3) is 11.1 Å². The highest BCUT2D eigenvalue weighted by Crippen LogP contribution is 2.25. The van der Waals surface area contributed by atoms with Crippen molar-refractivity contribution in [2.45, 2.75) is 18.9 Å². The number of amides is 1. The number of carbonyl (C=O) groups excluding carboxylic acids is 1. The van der Waals surface area contributed by atoms with Crippen molar-refractivity contribution in [1.82, 2.24) is 19.4 Å². The molecule has 8 nitrogen and oxygen atoms in total. The number of hydrogen-bond donors (Lipinski definition) is 1. The molecule has 0 aliphatic carbocycles. The molecule has 1 aliphatic heterocycles. The maximum atomic E-state index is 12.5. The lowest BCUT2D eigenvalue weighted by molar-refractivity contribution is -0.130. The zero-order chi connectivity index (χ0) is 18.0. The molecule has 1 amide bonds. The van der Waals surface area contributed by atoms with Crippen molar-refractivity contribution in [2.24, 2.45) is 0 Å². The van der Waals surface area contributed by atoms with Gasteiger partial charge in [-0.3, -0.25) is 19.4 Å². The number of carbonyl (C=O) groups is 1. The topological polar surface area (TPSA) is 91.3 Å². The Morgan fingerprint density at radius 2 is 2.16 bits per heavy atom. The van der Waals surface area contributed by atoms with Crippen molar-refractivity contribution in [2.75, 3.05) is 32.1 Å². The first-order valence-corrected chi connectivity index (χ1v) is 8.16. The van der Waals surface area contributed by atoms with Gasteiger partial charge in [0.15, 0.2) is 0 Å². The first-order valence-electron chi connectivity index (χ1n) is 8.16. The fourth-order valence-corrected chi connectivity index (χ4v) is 2.95. The van der Waals surface area contributed by atoms with Crippen LogP contribution in [0.15, 0.2) is 40.1 Å². The minimum absolute atomic E-state index is 0.0254. The minimum atomic E-state index is -0.200. The molecule has 0 spiro atoms. The molecule has 2 aromatic rings. The van der Waals surface area contributed by atoms with Crippen LogP contribution in [0.2, 0.25) is 0 Å². The van der Waals surface area contributed by atoms with Crippen molar-refractivity contribution in [1.29, 1.82) is 0 Å². The van der Waals surface area contributed by atoms with Crippen molar-refractivity contribution >= 4 is 11.9 Å². The summed E-state index contributed by atoms with van der Waals surface area (Å²) in [6.07, 6.45) is 2.36. The predicted octanol–water partition coefficient (Wildman–Crippen LogP) is 0.0137. The lowest BCUT2D eigenvalue weighted by Crippen LogP contribution is -2.34. The van der Waals surface area contributed by atoms with Crippen LogP contribution < -0.4 is 16.0 Å². The Hall–Kier alpha value is -2.90. The standard InChI is InChI=1S/C17H21N5O3/c1-20(2)17-18-13(9-14(23)19-17)12-6-8-22(10-12)16(25)11-21-7-4-3-5-15(21)24/h3-5,7,9,12H,6,8,10-11H2,1-2H3,(H,18,19,23). The van der Waals surface area contributed by atoms with Crippen LogP contribution in [0.1, 0.15) is 18.0 Å². The summed E-state index contributed by atoms with van der Waals surface area (Å²) >= 11 is 0. The van der Waals surface area contributed by atoms with E-state index in [-0.39, 0.29) is 29.5 Å². The molecule has 1 saturated heterocycles. The maximum absolute atomic E-state index is 12.5. The second-order valence-electron chi connectivity index (χ2n) is 6.38. The van der Waals surface area contributed by atoms with E-state index < -0.39 is 0 Å². The molecular formula is C17H21N5O3. The number of anilines is 1. The number of aromatic amines is 1. The van der Waals surface area contributed by atoms with Gasteiger partial charge in [-0.25, -0.2) is 4.98 Å². The summed E-state index contributed by atoms with van der Waals surface area (Å²) in [5, 5.41) is 0. The lowest BCUT2D eigenvalue weighted by atomic mass is 10.1. The maximum Gasteiger partial charge on any atom is 0.252 e. The second kappa shape index (κ2) is 6.92. The van der Waals surface area contributed by atoms with E-state index >= 15 is 0 Å². The molecule has 25 heavy (non-hydrogen) atoms. The lowest BCUT2D eigenvalue weighted by Gasteiger charge is -2.18. The number of rotatable bonds is 4. The Morgan fingerprint density at radius 1 is 1.36 bits per heavy atom. The summed E-state index contributed by atoms with van der Waals surface area (Å²) in [6, 6.07) is 6.30. The Morgan fingerprint density at radius 3 is 2.88 bits per heavy atom. The van der Waals surface area contributed by atoms with E-state index in [2.05, 4.69) is 9.97 Å². The molecule has 3 rings (SSSR count). The molecule has 8 heteroatoms. The first kappa shape index (κ1) is 16.9. The Labute approximate surface area is 144 Å². The SMILES string of the molecule is CN(C)c1nc(C2CCN(C(=O)Cn3ccccc3=O)C2)cc(=O)[nH]1. The molecule has 132 valence electrons. The highest BCUT2D eigenvalue weighted by atomic mass is 16.2. The highest BCUT2D eigenvalue weighted by molar-refractivity contribution is 5.76. The number of H-pyrrole nitrogens is 1. The number of hydrogen-bond acceptors (Lipinski definition) is 5. The molecule has 2 aromatic heterocycles. The van der Waals surface area contributed by atoms with Gasteiger partial charge < -0.3 is 14.4 Å². The fourth-order valence-electron chi connectivity index (χ4n) is 2.95. The van der Waals surface area contributed by atoms with Gasteiger partial charge in [0.05, 0.1) is 5.69 Å². The van der Waals surface area contributed by atoms with Gasteiger partial charge in [0.1, 0.15) is 6.54 Å². The van der Waals surface area contributed by atoms with Gasteiger partial charge in [0.2, 0.25) is 11.9 Å². The normalized spacial score (nSPS) is 16.9. The van der Waals surface area contributed by atoms with E-state index in [1.165, 1.54) is 16.7 Å². The monoisotopic (exact) mass is 343 g/mol. The number of pyridine rings is 1. The van der Waals surface area contributed by atoms with Crippen LogP contribution in [0.25, 0.3) is 0 Å². The molecule has 1 fully saturated rings. The van der Waals surface area contributed by atoms with Crippen molar-refractivity contribution in [3.05, 3.63) is 56.9 Å². The van der Waals surface area contributed by atoms with E-state index in [0.717, 1.165) is 6.42 Å². The largest absolute Gasteiger partial charge is 0.348 e. The van der Waals surface area contributed by atoms with Crippen molar-refractivity contribution in [3.8, 4) is 0 Å². The third-order valence-electron chi connectivity index (χ3n) is 4.34. The molecule has 0 radical (unpaired) electrons. The van der Waals surface area contributed by atoms with Gasteiger partial charge in [-0.1, -0.05) is 6.07 Å². The Balaban J connectivity index is 1.71. The predicted molar refractivity (Wildman–Crippen MR) is 93.8 cm³/mol. The molecule has 3 heterocycles. The van der Waals surface area contributed by atoms with Crippen molar-refractivity contribution in [3.63, 3.8) is 0 Å². The summed E-state index contributed by atoms with van der Waals surface area (Å²) in [7, 11) is 3.62. The van der Waals surface area contributed by atoms with E-state index in [1.54, 1.807) is 28.1 Å². The molecular weight excluding hydrogens is 322 g/mol. The van der Waals surface area contributed by atoms with E-state index in [0.29, 0.717) is 24.7 Å². The molecule has 0 aromatic carbocycles. The van der Waals surface area contributed by atoms with E-state index in [9.17, 15) is 14.4 Å². The van der Waals surface area contributed by atoms with Crippen LogP contribution in [-0.2, 0) is 11.3 Å². The van der Waals surface area contributed by atoms with Crippen molar-refractivity contribution < 1.29 is 4.79 Å². The third-order valence-corrected chi connectivity index (χ3v) is 4.34. The summed E-state index contributed by atoms with van der Waals surface area (Å²) in [5.74, 6) is 0.425. The number of nitrogens with one attached hydrogen (secondary N) is 1. The molecule has 1 aliphatic rings. The van der Waals surface area contributed by atoms with Crippen LogP contribution in [-0.4, -0.2) is 52.5 Å². The van der Waals surface area contributed by atoms with Crippen LogP contribution in [0.3, 0.4) is 0 Å². The molecule has 0 saturated carbocycles. The summed E-state index contributed by atoms with van der Waals surface area (Å²) < 4.78 is 1.39. The number of aromatic nitrogens is 3. The Bertz CT molecular complexity index is 886. The number of nitrogens with zero attached hydrogens (tertiary/aromatic N) is 4. The molecule has 1 atom stereocenters. The van der Waals surface area contributed by atoms with E-state index in [1.807, 2.05) is 14.1 Å². The fraction of sp³-hybridized carbons (Fsp3) is 0.412. The minimum Gasteiger partial charge on any atom is -0.348 e. The van der Waals surface area contributed by atoms with E-state index in [4.69, 9.17) is 0 Å². The van der Waals surface area contributed by atoms with Gasteiger partial charge in [-0.2, -0.15) is 0 Å². The summed E-state index contributed by atoms with van der Waals surface area (Å²) in [4.78, 5) is 46.6. The van der Waals surface area contributed by atoms with Crippen LogP contribution in [0, 0.1) is 0 Å². The smallest absolute Gasteiger partial charge is 0.252 e. The number of likely N-dealkylation sites (tertiary alicyclic amines) is 1. The Kier molecular flexibility index (Phi) is 4.69. The quantitative estimate of drug-likeness (QED) is 0.845. The summed E-state index contributed by atoms with van der Waals surface area (Å²) in [5.41, 5.74) is 0.299.